The average Bonchev–Trinajstić information content (AvgIpc) is 2.50. The molecule has 0 fully saturated rings. The van der Waals surface area contributed by atoms with Crippen LogP contribution in [0.2, 0.25) is 0 Å². The molecule has 0 bridgehead atoms. The van der Waals surface area contributed by atoms with Crippen LogP contribution < -0.4 is 5.32 Å². The number of amides is 1. The Balaban J connectivity index is 2.40. The van der Waals surface area contributed by atoms with E-state index in [-0.39, 0.29) is 37.0 Å². The highest BCUT2D eigenvalue weighted by atomic mass is 19.1. The van der Waals surface area contributed by atoms with E-state index >= 15 is 0 Å². The molecule has 2 atom stereocenters. The zero-order valence-corrected chi connectivity index (χ0v) is 13.4. The smallest absolute Gasteiger partial charge is 0.220 e. The first-order valence-corrected chi connectivity index (χ1v) is 7.54. The maximum absolute atomic E-state index is 12.8. The number of aliphatic hydroxyl groups is 1. The van der Waals surface area contributed by atoms with Crippen LogP contribution >= 0.6 is 0 Å². The number of carbonyl (C=O) groups excluding carboxylic acids is 2. The van der Waals surface area contributed by atoms with Gasteiger partial charge in [0, 0.05) is 24.9 Å². The molecule has 0 aliphatic rings. The molecule has 0 aliphatic carbocycles. The predicted molar refractivity (Wildman–Crippen MR) is 83.1 cm³/mol. The van der Waals surface area contributed by atoms with Gasteiger partial charge in [0.05, 0.1) is 5.60 Å². The average molecular weight is 309 g/mol. The third-order valence-corrected chi connectivity index (χ3v) is 4.06. The van der Waals surface area contributed by atoms with Gasteiger partial charge in [-0.2, -0.15) is 0 Å². The Labute approximate surface area is 130 Å². The topological polar surface area (TPSA) is 66.4 Å². The highest BCUT2D eigenvalue weighted by Gasteiger charge is 2.27. The molecule has 1 aromatic rings. The van der Waals surface area contributed by atoms with Crippen molar-refractivity contribution in [3.63, 3.8) is 0 Å². The summed E-state index contributed by atoms with van der Waals surface area (Å²) < 4.78 is 12.8. The normalized spacial score (nSPS) is 15.0. The van der Waals surface area contributed by atoms with Crippen LogP contribution in [0.25, 0.3) is 0 Å². The van der Waals surface area contributed by atoms with E-state index in [1.54, 1.807) is 6.92 Å². The minimum Gasteiger partial charge on any atom is -0.388 e. The minimum atomic E-state index is -0.967. The van der Waals surface area contributed by atoms with Gasteiger partial charge in [-0.3, -0.25) is 9.59 Å². The number of benzene rings is 1. The van der Waals surface area contributed by atoms with Gasteiger partial charge in [-0.15, -0.1) is 0 Å². The molecule has 122 valence electrons. The number of Topliss-reactive ketones (excluding diaryl/α,β-unsaturated/α-hetero) is 1. The fourth-order valence-electron chi connectivity index (χ4n) is 1.99. The van der Waals surface area contributed by atoms with Gasteiger partial charge in [-0.1, -0.05) is 20.3 Å². The van der Waals surface area contributed by atoms with E-state index in [9.17, 15) is 19.1 Å². The lowest BCUT2D eigenvalue weighted by Crippen LogP contribution is -2.45. The zero-order valence-electron chi connectivity index (χ0n) is 13.4. The maximum Gasteiger partial charge on any atom is 0.220 e. The molecule has 0 aliphatic heterocycles. The minimum absolute atomic E-state index is 0.0484. The Morgan fingerprint density at radius 2 is 1.86 bits per heavy atom. The lowest BCUT2D eigenvalue weighted by molar-refractivity contribution is -0.122. The number of rotatable bonds is 8. The van der Waals surface area contributed by atoms with Gasteiger partial charge in [0.1, 0.15) is 5.82 Å². The van der Waals surface area contributed by atoms with Gasteiger partial charge in [0.15, 0.2) is 5.78 Å². The summed E-state index contributed by atoms with van der Waals surface area (Å²) in [5.41, 5.74) is -0.577. The fourth-order valence-corrected chi connectivity index (χ4v) is 1.99. The highest BCUT2D eigenvalue weighted by molar-refractivity contribution is 5.97. The number of nitrogens with one attached hydrogen (secondary N) is 1. The van der Waals surface area contributed by atoms with Crippen molar-refractivity contribution in [2.45, 2.75) is 45.6 Å². The van der Waals surface area contributed by atoms with Crippen molar-refractivity contribution in [2.75, 3.05) is 6.54 Å². The molecule has 2 N–H and O–H groups in total. The second kappa shape index (κ2) is 8.03. The molecular formula is C17H24FNO3. The van der Waals surface area contributed by atoms with Gasteiger partial charge >= 0.3 is 0 Å². The largest absolute Gasteiger partial charge is 0.388 e. The van der Waals surface area contributed by atoms with Gasteiger partial charge in [-0.05, 0) is 37.1 Å². The molecule has 22 heavy (non-hydrogen) atoms. The van der Waals surface area contributed by atoms with Crippen molar-refractivity contribution in [2.24, 2.45) is 5.92 Å². The third kappa shape index (κ3) is 5.56. The van der Waals surface area contributed by atoms with E-state index in [2.05, 4.69) is 5.32 Å². The SMILES string of the molecule is CCC(C)C(C)(O)CNC(=O)CCC(=O)c1ccc(F)cc1. The Morgan fingerprint density at radius 1 is 1.27 bits per heavy atom. The summed E-state index contributed by atoms with van der Waals surface area (Å²) in [5, 5.41) is 12.8. The van der Waals surface area contributed by atoms with Gasteiger partial charge in [0.25, 0.3) is 0 Å². The number of hydrogen-bond donors (Lipinski definition) is 2. The number of halogens is 1. The predicted octanol–water partition coefficient (Wildman–Crippen LogP) is 2.70. The van der Waals surface area contributed by atoms with Crippen LogP contribution in [0.4, 0.5) is 4.39 Å². The quantitative estimate of drug-likeness (QED) is 0.726. The number of carbonyl (C=O) groups is 2. The van der Waals surface area contributed by atoms with Crippen LogP contribution in [0.1, 0.15) is 50.4 Å². The summed E-state index contributed by atoms with van der Waals surface area (Å²) in [6, 6.07) is 5.25. The first-order valence-electron chi connectivity index (χ1n) is 7.54. The van der Waals surface area contributed by atoms with Crippen molar-refractivity contribution < 1.29 is 19.1 Å². The Morgan fingerprint density at radius 3 is 2.41 bits per heavy atom. The van der Waals surface area contributed by atoms with Gasteiger partial charge < -0.3 is 10.4 Å². The molecule has 0 saturated heterocycles. The summed E-state index contributed by atoms with van der Waals surface area (Å²) in [6.07, 6.45) is 0.918. The second-order valence-corrected chi connectivity index (χ2v) is 5.87. The summed E-state index contributed by atoms with van der Waals surface area (Å²) in [5.74, 6) is -0.821. The van der Waals surface area contributed by atoms with E-state index in [1.165, 1.54) is 24.3 Å². The van der Waals surface area contributed by atoms with E-state index < -0.39 is 11.4 Å². The van der Waals surface area contributed by atoms with Crippen LogP contribution in [0.3, 0.4) is 0 Å². The molecule has 1 amide bonds. The molecule has 0 heterocycles. The molecule has 2 unspecified atom stereocenters. The lowest BCUT2D eigenvalue weighted by Gasteiger charge is -2.29. The first-order chi connectivity index (χ1) is 10.3. The fraction of sp³-hybridized carbons (Fsp3) is 0.529. The van der Waals surface area contributed by atoms with E-state index in [0.717, 1.165) is 6.42 Å². The monoisotopic (exact) mass is 309 g/mol. The third-order valence-electron chi connectivity index (χ3n) is 4.06. The van der Waals surface area contributed by atoms with Crippen LogP contribution in [0.15, 0.2) is 24.3 Å². The molecule has 5 heteroatoms. The summed E-state index contributed by atoms with van der Waals surface area (Å²) in [7, 11) is 0. The van der Waals surface area contributed by atoms with Crippen molar-refractivity contribution in [3.8, 4) is 0 Å². The Kier molecular flexibility index (Phi) is 6.68. The van der Waals surface area contributed by atoms with Crippen LogP contribution in [-0.4, -0.2) is 28.9 Å². The molecule has 1 aromatic carbocycles. The van der Waals surface area contributed by atoms with Crippen molar-refractivity contribution in [3.05, 3.63) is 35.6 Å². The first kappa shape index (κ1) is 18.3. The molecule has 0 spiro atoms. The number of hydrogen-bond acceptors (Lipinski definition) is 3. The van der Waals surface area contributed by atoms with Crippen molar-refractivity contribution in [1.29, 1.82) is 0 Å². The van der Waals surface area contributed by atoms with E-state index in [1.807, 2.05) is 13.8 Å². The standard InChI is InChI=1S/C17H24FNO3/c1-4-12(2)17(3,22)11-19-16(21)10-9-15(20)13-5-7-14(18)8-6-13/h5-8,12,22H,4,9-11H2,1-3H3,(H,19,21). The van der Waals surface area contributed by atoms with Gasteiger partial charge in [-0.25, -0.2) is 4.39 Å². The number of ketones is 1. The lowest BCUT2D eigenvalue weighted by atomic mass is 9.88. The molecule has 0 saturated carbocycles. The summed E-state index contributed by atoms with van der Waals surface area (Å²) in [6.45, 7) is 5.74. The van der Waals surface area contributed by atoms with E-state index in [4.69, 9.17) is 0 Å². The molecule has 4 nitrogen and oxygen atoms in total. The maximum atomic E-state index is 12.8. The van der Waals surface area contributed by atoms with E-state index in [0.29, 0.717) is 5.56 Å². The van der Waals surface area contributed by atoms with Crippen LogP contribution in [0, 0.1) is 11.7 Å². The van der Waals surface area contributed by atoms with Crippen LogP contribution in [-0.2, 0) is 4.79 Å². The summed E-state index contributed by atoms with van der Waals surface area (Å²) >= 11 is 0. The Bertz CT molecular complexity index is 511. The second-order valence-electron chi connectivity index (χ2n) is 5.87. The zero-order chi connectivity index (χ0) is 16.8. The van der Waals surface area contributed by atoms with Gasteiger partial charge in [0.2, 0.25) is 5.91 Å². The van der Waals surface area contributed by atoms with Crippen molar-refractivity contribution in [1.82, 2.24) is 5.32 Å². The molecule has 0 radical (unpaired) electrons. The molecular weight excluding hydrogens is 285 g/mol. The Hall–Kier alpha value is -1.75. The van der Waals surface area contributed by atoms with Crippen molar-refractivity contribution >= 4 is 11.7 Å². The van der Waals surface area contributed by atoms with Crippen LogP contribution in [0.5, 0.6) is 0 Å². The summed E-state index contributed by atoms with van der Waals surface area (Å²) in [4.78, 5) is 23.6. The highest BCUT2D eigenvalue weighted by Crippen LogP contribution is 2.18. The molecule has 0 aromatic heterocycles. The molecule has 1 rings (SSSR count).